The maximum absolute atomic E-state index is 10.6. The first kappa shape index (κ1) is 27.0. The molecule has 0 unspecified atom stereocenters. The van der Waals surface area contributed by atoms with Crippen LogP contribution in [0, 0.1) is 0 Å². The van der Waals surface area contributed by atoms with Crippen LogP contribution in [0.4, 0.5) is 0 Å². The zero-order valence-electron chi connectivity index (χ0n) is 17.6. The Morgan fingerprint density at radius 1 is 0.545 bits per heavy atom. The molecule has 0 aromatic carbocycles. The fraction of sp³-hybridized carbons (Fsp3) is 1.00. The van der Waals surface area contributed by atoms with Gasteiger partial charge in [0.25, 0.3) is 0 Å². The van der Waals surface area contributed by atoms with Gasteiger partial charge in [-0.05, 0) is 6.92 Å². The van der Waals surface area contributed by atoms with Crippen LogP contribution in [-0.2, 0) is 23.7 Å². The molecule has 33 heavy (non-hydrogen) atoms. The molecule has 15 atom stereocenters. The van der Waals surface area contributed by atoms with E-state index in [0.717, 1.165) is 0 Å². The van der Waals surface area contributed by atoms with Gasteiger partial charge in [-0.3, -0.25) is 0 Å². The van der Waals surface area contributed by atoms with Crippen molar-refractivity contribution in [3.8, 4) is 0 Å². The van der Waals surface area contributed by atoms with Crippen LogP contribution >= 0.6 is 0 Å². The summed E-state index contributed by atoms with van der Waals surface area (Å²) in [5, 5.41) is 99.5. The van der Waals surface area contributed by atoms with Crippen molar-refractivity contribution < 1.29 is 74.7 Å². The van der Waals surface area contributed by atoms with Gasteiger partial charge in [0.2, 0.25) is 0 Å². The lowest BCUT2D eigenvalue weighted by Gasteiger charge is -2.47. The lowest BCUT2D eigenvalue weighted by molar-refractivity contribution is -0.376. The van der Waals surface area contributed by atoms with Gasteiger partial charge in [0.1, 0.15) is 67.1 Å². The first-order valence-electron chi connectivity index (χ1n) is 10.4. The molecule has 15 heteroatoms. The third-order valence-corrected chi connectivity index (χ3v) is 6.05. The number of aliphatic hydroxyl groups is 10. The summed E-state index contributed by atoms with van der Waals surface area (Å²) in [5.74, 6) is 0. The zero-order valence-corrected chi connectivity index (χ0v) is 17.6. The second-order valence-corrected chi connectivity index (χ2v) is 8.32. The Kier molecular flexibility index (Phi) is 8.99. The van der Waals surface area contributed by atoms with E-state index in [4.69, 9.17) is 23.7 Å². The largest absolute Gasteiger partial charge is 0.394 e. The molecule has 0 amide bonds. The molecule has 3 rings (SSSR count). The highest BCUT2D eigenvalue weighted by Crippen LogP contribution is 2.32. The van der Waals surface area contributed by atoms with Crippen LogP contribution in [0.5, 0.6) is 0 Å². The normalized spacial score (nSPS) is 53.7. The fourth-order valence-corrected chi connectivity index (χ4v) is 4.03. The number of rotatable bonds is 6. The molecule has 10 N–H and O–H groups in total. The molecule has 3 aliphatic heterocycles. The summed E-state index contributed by atoms with van der Waals surface area (Å²) in [6, 6.07) is 0. The Balaban J connectivity index is 1.70. The van der Waals surface area contributed by atoms with E-state index in [0.29, 0.717) is 0 Å². The number of aliphatic hydroxyl groups excluding tert-OH is 10. The molecule has 15 nitrogen and oxygen atoms in total. The molecule has 0 saturated carbocycles. The highest BCUT2D eigenvalue weighted by atomic mass is 16.8. The summed E-state index contributed by atoms with van der Waals surface area (Å²) < 4.78 is 26.6. The molecule has 0 aromatic heterocycles. The quantitative estimate of drug-likeness (QED) is 0.167. The van der Waals surface area contributed by atoms with Gasteiger partial charge in [0.15, 0.2) is 18.9 Å². The van der Waals surface area contributed by atoms with Crippen molar-refractivity contribution in [1.82, 2.24) is 0 Å². The van der Waals surface area contributed by atoms with Crippen LogP contribution < -0.4 is 0 Å². The van der Waals surface area contributed by atoms with Gasteiger partial charge in [-0.1, -0.05) is 0 Å². The minimum absolute atomic E-state index is 0.721. The Hall–Kier alpha value is -0.600. The molecule has 0 aliphatic carbocycles. The van der Waals surface area contributed by atoms with Gasteiger partial charge in [-0.2, -0.15) is 0 Å². The summed E-state index contributed by atoms with van der Waals surface area (Å²) in [4.78, 5) is 0. The van der Waals surface area contributed by atoms with E-state index >= 15 is 0 Å². The summed E-state index contributed by atoms with van der Waals surface area (Å²) in [6.45, 7) is -0.0729. The van der Waals surface area contributed by atoms with E-state index < -0.39 is 105 Å². The van der Waals surface area contributed by atoms with Gasteiger partial charge < -0.3 is 74.7 Å². The highest BCUT2D eigenvalue weighted by Gasteiger charge is 2.52. The minimum Gasteiger partial charge on any atom is -0.394 e. The standard InChI is InChI=1S/C18H32O15/c1-4-14(9(23)11(25)16(28)29-4)32-18-13(27)10(24)15(6(3-20)31-18)33-17-12(26)8(22)7(21)5(2-19)30-17/h4-28H,2-3H2,1H3/t4-,5+,6+,7+,8-,9-,10+,11+,12-,13+,14-,15-,16+,17-,18+/m0/s1. The van der Waals surface area contributed by atoms with Crippen molar-refractivity contribution in [2.24, 2.45) is 0 Å². The average Bonchev–Trinajstić information content (AvgIpc) is 2.79. The van der Waals surface area contributed by atoms with Crippen LogP contribution in [0.25, 0.3) is 0 Å². The maximum atomic E-state index is 10.6. The van der Waals surface area contributed by atoms with E-state index in [1.54, 1.807) is 0 Å². The van der Waals surface area contributed by atoms with E-state index in [-0.39, 0.29) is 0 Å². The first-order valence-corrected chi connectivity index (χ1v) is 10.4. The summed E-state index contributed by atoms with van der Waals surface area (Å²) >= 11 is 0. The third kappa shape index (κ3) is 5.32. The fourth-order valence-electron chi connectivity index (χ4n) is 4.03. The topological polar surface area (TPSA) is 248 Å². The molecule has 0 spiro atoms. The van der Waals surface area contributed by atoms with Crippen LogP contribution in [0.15, 0.2) is 0 Å². The van der Waals surface area contributed by atoms with Gasteiger partial charge >= 0.3 is 0 Å². The molecule has 0 bridgehead atoms. The Morgan fingerprint density at radius 3 is 1.61 bits per heavy atom. The lowest BCUT2D eigenvalue weighted by atomic mass is 9.96. The second-order valence-electron chi connectivity index (χ2n) is 8.32. The zero-order chi connectivity index (χ0) is 24.6. The van der Waals surface area contributed by atoms with Crippen molar-refractivity contribution in [3.05, 3.63) is 0 Å². The average molecular weight is 488 g/mol. The maximum Gasteiger partial charge on any atom is 0.187 e. The van der Waals surface area contributed by atoms with Gasteiger partial charge in [-0.15, -0.1) is 0 Å². The Labute approximate surface area is 187 Å². The predicted octanol–water partition coefficient (Wildman–Crippen LogP) is -6.55. The second kappa shape index (κ2) is 11.0. The van der Waals surface area contributed by atoms with E-state index in [1.807, 2.05) is 0 Å². The third-order valence-electron chi connectivity index (χ3n) is 6.05. The van der Waals surface area contributed by atoms with Crippen LogP contribution in [0.3, 0.4) is 0 Å². The molecule has 3 saturated heterocycles. The molecule has 3 heterocycles. The van der Waals surface area contributed by atoms with E-state index in [1.165, 1.54) is 6.92 Å². The Bertz CT molecular complexity index is 622. The van der Waals surface area contributed by atoms with Crippen molar-refractivity contribution >= 4 is 0 Å². The number of ether oxygens (including phenoxy) is 5. The first-order chi connectivity index (χ1) is 15.5. The molecule has 0 radical (unpaired) electrons. The van der Waals surface area contributed by atoms with Crippen LogP contribution in [-0.4, -0.2) is 156 Å². The number of hydrogen-bond donors (Lipinski definition) is 10. The molecular weight excluding hydrogens is 456 g/mol. The van der Waals surface area contributed by atoms with Crippen molar-refractivity contribution in [2.75, 3.05) is 13.2 Å². The molecular formula is C18H32O15. The van der Waals surface area contributed by atoms with E-state index in [9.17, 15) is 51.1 Å². The lowest BCUT2D eigenvalue weighted by Crippen LogP contribution is -2.66. The minimum atomic E-state index is -1.83. The van der Waals surface area contributed by atoms with Gasteiger partial charge in [0.05, 0.1) is 19.3 Å². The molecule has 194 valence electrons. The van der Waals surface area contributed by atoms with Gasteiger partial charge in [0, 0.05) is 0 Å². The monoisotopic (exact) mass is 488 g/mol. The SMILES string of the molecule is C[C@@H]1O[C@@H](O)[C@H](O)[C@H](O)[C@H]1O[C@H]1O[C@H](CO)[C@H](O[C@@H]2O[C@H](CO)[C@@H](O)[C@H](O)[C@@H]2O)[C@H](O)[C@H]1O. The molecule has 3 fully saturated rings. The van der Waals surface area contributed by atoms with Crippen LogP contribution in [0.1, 0.15) is 6.92 Å². The van der Waals surface area contributed by atoms with Crippen molar-refractivity contribution in [2.45, 2.75) is 99.0 Å². The van der Waals surface area contributed by atoms with E-state index in [2.05, 4.69) is 0 Å². The van der Waals surface area contributed by atoms with Crippen LogP contribution in [0.2, 0.25) is 0 Å². The predicted molar refractivity (Wildman–Crippen MR) is 99.8 cm³/mol. The van der Waals surface area contributed by atoms with Gasteiger partial charge in [-0.25, -0.2) is 0 Å². The summed E-state index contributed by atoms with van der Waals surface area (Å²) in [6.07, 6.45) is -23.6. The highest BCUT2D eigenvalue weighted by molar-refractivity contribution is 4.95. The Morgan fingerprint density at radius 2 is 1.03 bits per heavy atom. The van der Waals surface area contributed by atoms with Crippen molar-refractivity contribution in [3.63, 3.8) is 0 Å². The van der Waals surface area contributed by atoms with Crippen molar-refractivity contribution in [1.29, 1.82) is 0 Å². The molecule has 0 aromatic rings. The molecule has 3 aliphatic rings. The smallest absolute Gasteiger partial charge is 0.187 e. The summed E-state index contributed by atoms with van der Waals surface area (Å²) in [5.41, 5.74) is 0. The number of hydrogen-bond acceptors (Lipinski definition) is 15. The summed E-state index contributed by atoms with van der Waals surface area (Å²) in [7, 11) is 0.